The van der Waals surface area contributed by atoms with Gasteiger partial charge in [0, 0.05) is 22.4 Å². The number of hydrogen-bond donors (Lipinski definition) is 3. The summed E-state index contributed by atoms with van der Waals surface area (Å²) in [5.74, 6) is 0.845. The lowest BCUT2D eigenvalue weighted by atomic mass is 9.89. The zero-order valence-electron chi connectivity index (χ0n) is 18.0. The molecule has 0 bridgehead atoms. The topological polar surface area (TPSA) is 106 Å². The summed E-state index contributed by atoms with van der Waals surface area (Å²) in [5.41, 5.74) is 10.7. The van der Waals surface area contributed by atoms with E-state index in [1.807, 2.05) is 24.3 Å². The van der Waals surface area contributed by atoms with Crippen molar-refractivity contribution >= 4 is 28.4 Å². The second-order valence-electron chi connectivity index (χ2n) is 8.40. The fourth-order valence-corrected chi connectivity index (χ4v) is 3.37. The van der Waals surface area contributed by atoms with E-state index >= 15 is 0 Å². The SMILES string of the molecule is COc1cccc(C(=O)Nc2ccc(-c3cc(C(C)(C)C)nc4[nH]nc(N)c34)cc2)c1. The van der Waals surface area contributed by atoms with Crippen LogP contribution in [0.3, 0.4) is 0 Å². The maximum Gasteiger partial charge on any atom is 0.255 e. The summed E-state index contributed by atoms with van der Waals surface area (Å²) in [6.45, 7) is 6.34. The van der Waals surface area contributed by atoms with Crippen molar-refractivity contribution in [2.75, 3.05) is 18.2 Å². The summed E-state index contributed by atoms with van der Waals surface area (Å²) in [4.78, 5) is 17.3. The highest BCUT2D eigenvalue weighted by Crippen LogP contribution is 2.34. The molecule has 0 radical (unpaired) electrons. The molecule has 0 atom stereocenters. The van der Waals surface area contributed by atoms with Crippen LogP contribution in [0.15, 0.2) is 54.6 Å². The van der Waals surface area contributed by atoms with Gasteiger partial charge >= 0.3 is 0 Å². The number of anilines is 2. The molecule has 158 valence electrons. The summed E-state index contributed by atoms with van der Waals surface area (Å²) in [6, 6.07) is 16.7. The molecule has 2 aromatic carbocycles. The molecule has 4 aromatic rings. The molecule has 4 N–H and O–H groups in total. The molecule has 2 heterocycles. The van der Waals surface area contributed by atoms with Gasteiger partial charge < -0.3 is 15.8 Å². The Kier molecular flexibility index (Phi) is 5.10. The summed E-state index contributed by atoms with van der Waals surface area (Å²) >= 11 is 0. The van der Waals surface area contributed by atoms with Crippen molar-refractivity contribution in [3.63, 3.8) is 0 Å². The van der Waals surface area contributed by atoms with Gasteiger partial charge in [0.25, 0.3) is 5.91 Å². The number of hydrogen-bond acceptors (Lipinski definition) is 5. The highest BCUT2D eigenvalue weighted by molar-refractivity contribution is 6.05. The lowest BCUT2D eigenvalue weighted by Gasteiger charge is -2.19. The number of aromatic nitrogens is 3. The van der Waals surface area contributed by atoms with Crippen LogP contribution in [0.4, 0.5) is 11.5 Å². The van der Waals surface area contributed by atoms with E-state index in [1.54, 1.807) is 31.4 Å². The Bertz CT molecular complexity index is 1250. The minimum Gasteiger partial charge on any atom is -0.497 e. The maximum atomic E-state index is 12.6. The first-order chi connectivity index (χ1) is 14.8. The number of nitrogen functional groups attached to an aromatic ring is 1. The number of nitrogens with zero attached hydrogens (tertiary/aromatic N) is 2. The Morgan fingerprint density at radius 3 is 2.52 bits per heavy atom. The minimum absolute atomic E-state index is 0.131. The number of carbonyl (C=O) groups excluding carboxylic acids is 1. The third kappa shape index (κ3) is 4.07. The second-order valence-corrected chi connectivity index (χ2v) is 8.40. The second kappa shape index (κ2) is 7.75. The van der Waals surface area contributed by atoms with Crippen molar-refractivity contribution < 1.29 is 9.53 Å². The average Bonchev–Trinajstić information content (AvgIpc) is 3.14. The normalized spacial score (nSPS) is 11.5. The van der Waals surface area contributed by atoms with Gasteiger partial charge in [-0.05, 0) is 47.5 Å². The molecule has 0 spiro atoms. The Morgan fingerprint density at radius 1 is 1.10 bits per heavy atom. The first kappa shape index (κ1) is 20.4. The number of H-pyrrole nitrogens is 1. The zero-order valence-corrected chi connectivity index (χ0v) is 18.0. The quantitative estimate of drug-likeness (QED) is 0.445. The van der Waals surface area contributed by atoms with Crippen molar-refractivity contribution in [1.82, 2.24) is 15.2 Å². The van der Waals surface area contributed by atoms with Crippen LogP contribution in [-0.4, -0.2) is 28.2 Å². The molecule has 1 amide bonds. The number of ether oxygens (including phenoxy) is 1. The van der Waals surface area contributed by atoms with E-state index in [0.29, 0.717) is 28.5 Å². The van der Waals surface area contributed by atoms with Crippen molar-refractivity contribution in [3.05, 3.63) is 65.9 Å². The van der Waals surface area contributed by atoms with Crippen molar-refractivity contribution in [2.24, 2.45) is 0 Å². The molecular formula is C24H25N5O2. The van der Waals surface area contributed by atoms with Crippen LogP contribution in [0.2, 0.25) is 0 Å². The average molecular weight is 415 g/mol. The van der Waals surface area contributed by atoms with E-state index in [0.717, 1.165) is 22.2 Å². The Hall–Kier alpha value is -3.87. The molecule has 2 aromatic heterocycles. The van der Waals surface area contributed by atoms with Crippen LogP contribution in [0.1, 0.15) is 36.8 Å². The van der Waals surface area contributed by atoms with Gasteiger partial charge in [-0.15, -0.1) is 0 Å². The summed E-state index contributed by atoms with van der Waals surface area (Å²) in [7, 11) is 1.57. The summed E-state index contributed by atoms with van der Waals surface area (Å²) in [5, 5.41) is 10.8. The van der Waals surface area contributed by atoms with Gasteiger partial charge in [-0.1, -0.05) is 39.0 Å². The van der Waals surface area contributed by atoms with Crippen LogP contribution >= 0.6 is 0 Å². The fourth-order valence-electron chi connectivity index (χ4n) is 3.37. The molecule has 0 aliphatic carbocycles. The number of fused-ring (bicyclic) bond motifs is 1. The van der Waals surface area contributed by atoms with Crippen molar-refractivity contribution in [3.8, 4) is 16.9 Å². The number of rotatable bonds is 4. The van der Waals surface area contributed by atoms with Crippen LogP contribution in [0.25, 0.3) is 22.2 Å². The number of pyridine rings is 1. The molecular weight excluding hydrogens is 390 g/mol. The Balaban J connectivity index is 1.66. The highest BCUT2D eigenvalue weighted by Gasteiger charge is 2.21. The molecule has 0 fully saturated rings. The zero-order chi connectivity index (χ0) is 22.2. The summed E-state index contributed by atoms with van der Waals surface area (Å²) < 4.78 is 5.19. The van der Waals surface area contributed by atoms with E-state index in [2.05, 4.69) is 42.4 Å². The van der Waals surface area contributed by atoms with E-state index in [1.165, 1.54) is 0 Å². The van der Waals surface area contributed by atoms with Crippen LogP contribution in [-0.2, 0) is 5.41 Å². The molecule has 31 heavy (non-hydrogen) atoms. The van der Waals surface area contributed by atoms with Crippen molar-refractivity contribution in [1.29, 1.82) is 0 Å². The molecule has 0 saturated carbocycles. The van der Waals surface area contributed by atoms with Crippen LogP contribution in [0, 0.1) is 0 Å². The van der Waals surface area contributed by atoms with Gasteiger partial charge in [-0.3, -0.25) is 9.89 Å². The predicted molar refractivity (Wildman–Crippen MR) is 123 cm³/mol. The number of carbonyl (C=O) groups is 1. The number of nitrogens with two attached hydrogens (primary N) is 1. The first-order valence-corrected chi connectivity index (χ1v) is 9.97. The van der Waals surface area contributed by atoms with Gasteiger partial charge in [0.2, 0.25) is 0 Å². The lowest BCUT2D eigenvalue weighted by Crippen LogP contribution is -2.14. The van der Waals surface area contributed by atoms with Crippen LogP contribution in [0.5, 0.6) is 5.75 Å². The number of nitrogens with one attached hydrogen (secondary N) is 2. The maximum absolute atomic E-state index is 12.6. The van der Waals surface area contributed by atoms with Gasteiger partial charge in [0.1, 0.15) is 5.75 Å². The molecule has 0 aliphatic heterocycles. The van der Waals surface area contributed by atoms with Gasteiger partial charge in [-0.25, -0.2) is 4.98 Å². The molecule has 0 unspecified atom stereocenters. The standard InChI is InChI=1S/C24H25N5O2/c1-24(2,3)19-13-18(20-21(25)28-29-22(20)27-19)14-8-10-16(11-9-14)26-23(30)15-6-5-7-17(12-15)31-4/h5-13H,1-4H3,(H,26,30)(H3,25,27,28,29). The number of amides is 1. The Morgan fingerprint density at radius 2 is 1.84 bits per heavy atom. The van der Waals surface area contributed by atoms with E-state index in [4.69, 9.17) is 15.5 Å². The first-order valence-electron chi connectivity index (χ1n) is 9.97. The number of methoxy groups -OCH3 is 1. The Labute approximate surface area is 180 Å². The van der Waals surface area contributed by atoms with Crippen LogP contribution < -0.4 is 15.8 Å². The molecule has 7 heteroatoms. The number of benzene rings is 2. The molecule has 4 rings (SSSR count). The van der Waals surface area contributed by atoms with Gasteiger partial charge in [0.05, 0.1) is 12.5 Å². The van der Waals surface area contributed by atoms with E-state index in [-0.39, 0.29) is 11.3 Å². The predicted octanol–water partition coefficient (Wildman–Crippen LogP) is 4.77. The monoisotopic (exact) mass is 415 g/mol. The third-order valence-corrected chi connectivity index (χ3v) is 5.11. The third-order valence-electron chi connectivity index (χ3n) is 5.11. The van der Waals surface area contributed by atoms with Crippen molar-refractivity contribution in [2.45, 2.75) is 26.2 Å². The largest absolute Gasteiger partial charge is 0.497 e. The minimum atomic E-state index is -0.202. The summed E-state index contributed by atoms with van der Waals surface area (Å²) in [6.07, 6.45) is 0. The number of aromatic amines is 1. The van der Waals surface area contributed by atoms with Gasteiger partial charge in [-0.2, -0.15) is 5.10 Å². The van der Waals surface area contributed by atoms with E-state index in [9.17, 15) is 4.79 Å². The smallest absolute Gasteiger partial charge is 0.255 e. The molecule has 0 aliphatic rings. The fraction of sp³-hybridized carbons (Fsp3) is 0.208. The van der Waals surface area contributed by atoms with E-state index < -0.39 is 0 Å². The lowest BCUT2D eigenvalue weighted by molar-refractivity contribution is 0.102. The van der Waals surface area contributed by atoms with Gasteiger partial charge in [0.15, 0.2) is 11.5 Å². The highest BCUT2D eigenvalue weighted by atomic mass is 16.5. The molecule has 7 nitrogen and oxygen atoms in total. The molecule has 0 saturated heterocycles.